The number of aryl methyl sites for hydroxylation is 1. The summed E-state index contributed by atoms with van der Waals surface area (Å²) in [5, 5.41) is 0.247. The van der Waals surface area contributed by atoms with Crippen molar-refractivity contribution in [1.82, 2.24) is 14.3 Å². The summed E-state index contributed by atoms with van der Waals surface area (Å²) >= 11 is 0. The second-order valence-corrected chi connectivity index (χ2v) is 8.37. The first-order chi connectivity index (χ1) is 10.4. The molecule has 0 amide bonds. The number of nitrogens with zero attached hydrogens (tertiary/aromatic N) is 2. The Hall–Kier alpha value is -0.920. The summed E-state index contributed by atoms with van der Waals surface area (Å²) in [7, 11) is -1.76. The lowest BCUT2D eigenvalue weighted by Crippen LogP contribution is -2.42. The van der Waals surface area contributed by atoms with Crippen molar-refractivity contribution in [2.45, 2.75) is 56.5 Å². The Balaban J connectivity index is 1.64. The molecule has 0 unspecified atom stereocenters. The standard InChI is InChI=1S/C15H25N3O3S/c1-12-16-11-14(18(12)2)22(19,20)17-13-3-5-15(6-4-13)7-9-21-10-8-15/h11,13,17H,3-10H2,1-2H3. The molecule has 1 saturated carbocycles. The van der Waals surface area contributed by atoms with Crippen LogP contribution < -0.4 is 4.72 Å². The fraction of sp³-hybridized carbons (Fsp3) is 0.800. The fourth-order valence-corrected chi connectivity index (χ4v) is 5.14. The van der Waals surface area contributed by atoms with Crippen LogP contribution >= 0.6 is 0 Å². The molecule has 0 bridgehead atoms. The van der Waals surface area contributed by atoms with Crippen LogP contribution in [0.3, 0.4) is 0 Å². The maximum absolute atomic E-state index is 12.5. The minimum absolute atomic E-state index is 0.0358. The van der Waals surface area contributed by atoms with E-state index in [-0.39, 0.29) is 11.1 Å². The van der Waals surface area contributed by atoms with Crippen molar-refractivity contribution in [3.63, 3.8) is 0 Å². The highest BCUT2D eigenvalue weighted by Crippen LogP contribution is 2.44. The van der Waals surface area contributed by atoms with Crippen molar-refractivity contribution in [3.8, 4) is 0 Å². The molecule has 2 aliphatic rings. The van der Waals surface area contributed by atoms with Crippen molar-refractivity contribution in [3.05, 3.63) is 12.0 Å². The molecule has 6 nitrogen and oxygen atoms in total. The monoisotopic (exact) mass is 327 g/mol. The van der Waals surface area contributed by atoms with Gasteiger partial charge in [0.15, 0.2) is 5.03 Å². The molecule has 1 spiro atoms. The molecule has 22 heavy (non-hydrogen) atoms. The molecular formula is C15H25N3O3S. The number of hydrogen-bond acceptors (Lipinski definition) is 4. The summed E-state index contributed by atoms with van der Waals surface area (Å²) in [6.07, 6.45) is 7.68. The molecule has 1 aliphatic carbocycles. The number of imidazole rings is 1. The van der Waals surface area contributed by atoms with Gasteiger partial charge in [0.1, 0.15) is 5.82 Å². The maximum atomic E-state index is 12.5. The van der Waals surface area contributed by atoms with E-state index in [9.17, 15) is 8.42 Å². The molecule has 0 radical (unpaired) electrons. The second-order valence-electron chi connectivity index (χ2n) is 6.71. The summed E-state index contributed by atoms with van der Waals surface area (Å²) in [6.45, 7) is 3.50. The first-order valence-electron chi connectivity index (χ1n) is 8.00. The van der Waals surface area contributed by atoms with Crippen LogP contribution in [0, 0.1) is 12.3 Å². The van der Waals surface area contributed by atoms with E-state index in [2.05, 4.69) is 9.71 Å². The smallest absolute Gasteiger partial charge is 0.258 e. The third-order valence-electron chi connectivity index (χ3n) is 5.37. The molecule has 3 rings (SSSR count). The van der Waals surface area contributed by atoms with Crippen molar-refractivity contribution >= 4 is 10.0 Å². The zero-order valence-electron chi connectivity index (χ0n) is 13.3. The van der Waals surface area contributed by atoms with E-state index >= 15 is 0 Å². The van der Waals surface area contributed by atoms with Crippen molar-refractivity contribution in [1.29, 1.82) is 0 Å². The maximum Gasteiger partial charge on any atom is 0.258 e. The Kier molecular flexibility index (Phi) is 4.31. The number of nitrogens with one attached hydrogen (secondary N) is 1. The normalized spacial score (nSPS) is 23.0. The highest BCUT2D eigenvalue weighted by molar-refractivity contribution is 7.89. The third-order valence-corrected chi connectivity index (χ3v) is 6.95. The molecule has 124 valence electrons. The van der Waals surface area contributed by atoms with Gasteiger partial charge in [-0.2, -0.15) is 0 Å². The minimum atomic E-state index is -3.49. The molecule has 1 N–H and O–H groups in total. The Bertz CT molecular complexity index is 622. The van der Waals surface area contributed by atoms with Crippen LogP contribution in [0.15, 0.2) is 11.2 Å². The molecule has 0 atom stereocenters. The van der Waals surface area contributed by atoms with Gasteiger partial charge in [0.05, 0.1) is 6.20 Å². The number of ether oxygens (including phenoxy) is 1. The van der Waals surface area contributed by atoms with Crippen LogP contribution in [-0.2, 0) is 21.8 Å². The minimum Gasteiger partial charge on any atom is -0.381 e. The van der Waals surface area contributed by atoms with Crippen LogP contribution in [-0.4, -0.2) is 37.2 Å². The van der Waals surface area contributed by atoms with Crippen LogP contribution in [0.4, 0.5) is 0 Å². The van der Waals surface area contributed by atoms with Crippen LogP contribution in [0.2, 0.25) is 0 Å². The van der Waals surface area contributed by atoms with Gasteiger partial charge in [0.25, 0.3) is 10.0 Å². The van der Waals surface area contributed by atoms with Crippen LogP contribution in [0.1, 0.15) is 44.3 Å². The lowest BCUT2D eigenvalue weighted by Gasteiger charge is -2.42. The number of sulfonamides is 1. The van der Waals surface area contributed by atoms with Gasteiger partial charge in [-0.05, 0) is 50.9 Å². The molecule has 1 aliphatic heterocycles. The molecule has 1 aromatic rings. The van der Waals surface area contributed by atoms with Gasteiger partial charge in [-0.15, -0.1) is 0 Å². The Morgan fingerprint density at radius 2 is 1.91 bits per heavy atom. The number of rotatable bonds is 3. The van der Waals surface area contributed by atoms with Gasteiger partial charge >= 0.3 is 0 Å². The third kappa shape index (κ3) is 3.07. The van der Waals surface area contributed by atoms with Crippen molar-refractivity contribution in [2.24, 2.45) is 12.5 Å². The van der Waals surface area contributed by atoms with E-state index in [0.717, 1.165) is 51.7 Å². The summed E-state index contributed by atoms with van der Waals surface area (Å²) < 4.78 is 35.0. The van der Waals surface area contributed by atoms with E-state index < -0.39 is 10.0 Å². The van der Waals surface area contributed by atoms with Gasteiger partial charge in [0, 0.05) is 26.3 Å². The average molecular weight is 327 g/mol. The molecule has 2 heterocycles. The molecular weight excluding hydrogens is 302 g/mol. The molecule has 1 saturated heterocycles. The SMILES string of the molecule is Cc1ncc(S(=O)(=O)NC2CCC3(CCOCC3)CC2)n1C. The quantitative estimate of drug-likeness (QED) is 0.918. The van der Waals surface area contributed by atoms with Crippen molar-refractivity contribution in [2.75, 3.05) is 13.2 Å². The zero-order valence-corrected chi connectivity index (χ0v) is 14.2. The van der Waals surface area contributed by atoms with Crippen LogP contribution in [0.25, 0.3) is 0 Å². The number of hydrogen-bond donors (Lipinski definition) is 1. The Morgan fingerprint density at radius 3 is 2.45 bits per heavy atom. The lowest BCUT2D eigenvalue weighted by molar-refractivity contribution is -0.00805. The van der Waals surface area contributed by atoms with E-state index in [0.29, 0.717) is 11.2 Å². The second kappa shape index (κ2) is 5.94. The molecule has 7 heteroatoms. The molecule has 2 fully saturated rings. The van der Waals surface area contributed by atoms with E-state index in [4.69, 9.17) is 4.74 Å². The number of aromatic nitrogens is 2. The van der Waals surface area contributed by atoms with Crippen LogP contribution in [0.5, 0.6) is 0 Å². The van der Waals surface area contributed by atoms with E-state index in [1.807, 2.05) is 0 Å². The largest absolute Gasteiger partial charge is 0.381 e. The topological polar surface area (TPSA) is 73.2 Å². The highest BCUT2D eigenvalue weighted by Gasteiger charge is 2.37. The molecule has 0 aromatic carbocycles. The summed E-state index contributed by atoms with van der Waals surface area (Å²) in [4.78, 5) is 4.07. The van der Waals surface area contributed by atoms with Gasteiger partial charge in [-0.1, -0.05) is 0 Å². The predicted octanol–water partition coefficient (Wildman–Crippen LogP) is 1.75. The first-order valence-corrected chi connectivity index (χ1v) is 9.49. The first kappa shape index (κ1) is 16.0. The highest BCUT2D eigenvalue weighted by atomic mass is 32.2. The van der Waals surface area contributed by atoms with E-state index in [1.165, 1.54) is 6.20 Å². The average Bonchev–Trinajstić information content (AvgIpc) is 2.83. The van der Waals surface area contributed by atoms with Gasteiger partial charge < -0.3 is 9.30 Å². The summed E-state index contributed by atoms with van der Waals surface area (Å²) in [5.74, 6) is 0.699. The summed E-state index contributed by atoms with van der Waals surface area (Å²) in [6, 6.07) is 0.0358. The van der Waals surface area contributed by atoms with Gasteiger partial charge in [-0.25, -0.2) is 18.1 Å². The fourth-order valence-electron chi connectivity index (χ4n) is 3.66. The summed E-state index contributed by atoms with van der Waals surface area (Å²) in [5.41, 5.74) is 0.392. The lowest BCUT2D eigenvalue weighted by atomic mass is 9.68. The predicted molar refractivity (Wildman–Crippen MR) is 83.0 cm³/mol. The van der Waals surface area contributed by atoms with Gasteiger partial charge in [0.2, 0.25) is 0 Å². The Labute approximate surface area is 132 Å². The van der Waals surface area contributed by atoms with E-state index in [1.54, 1.807) is 18.5 Å². The zero-order chi connectivity index (χ0) is 15.8. The van der Waals surface area contributed by atoms with Gasteiger partial charge in [-0.3, -0.25) is 0 Å². The Morgan fingerprint density at radius 1 is 1.27 bits per heavy atom. The van der Waals surface area contributed by atoms with Crippen molar-refractivity contribution < 1.29 is 13.2 Å². The molecule has 1 aromatic heterocycles.